The number of amides is 5. The van der Waals surface area contributed by atoms with E-state index in [4.69, 9.17) is 0 Å². The number of para-hydroxylation sites is 1. The average Bonchev–Trinajstić information content (AvgIpc) is 3.13. The van der Waals surface area contributed by atoms with Gasteiger partial charge in [0.1, 0.15) is 12.1 Å². The molecule has 8 nitrogen and oxygen atoms in total. The molecule has 1 aliphatic rings. The van der Waals surface area contributed by atoms with E-state index >= 15 is 0 Å². The Morgan fingerprint density at radius 3 is 2.50 bits per heavy atom. The number of likely N-dealkylation sites (N-methyl/N-ethyl adjacent to an activating group) is 1. The first-order valence-electron chi connectivity index (χ1n) is 10.2. The van der Waals surface area contributed by atoms with Gasteiger partial charge in [0, 0.05) is 35.8 Å². The van der Waals surface area contributed by atoms with Gasteiger partial charge in [0.2, 0.25) is 5.91 Å². The third-order valence-electron chi connectivity index (χ3n) is 5.27. The van der Waals surface area contributed by atoms with Gasteiger partial charge < -0.3 is 9.88 Å². The lowest BCUT2D eigenvalue weighted by atomic mass is 10.1. The summed E-state index contributed by atoms with van der Waals surface area (Å²) in [6.45, 7) is 2.31. The van der Waals surface area contributed by atoms with Gasteiger partial charge in [-0.15, -0.1) is 0 Å². The molecule has 32 heavy (non-hydrogen) atoms. The zero-order chi connectivity index (χ0) is 22.7. The number of nitrogens with zero attached hydrogens (tertiary/aromatic N) is 2. The fourth-order valence-corrected chi connectivity index (χ4v) is 3.66. The van der Waals surface area contributed by atoms with Crippen molar-refractivity contribution < 1.29 is 19.2 Å². The van der Waals surface area contributed by atoms with Crippen molar-refractivity contribution in [2.75, 3.05) is 6.54 Å². The van der Waals surface area contributed by atoms with E-state index in [0.29, 0.717) is 12.1 Å². The number of barbiturate groups is 1. The van der Waals surface area contributed by atoms with Crippen LogP contribution in [0, 0.1) is 0 Å². The van der Waals surface area contributed by atoms with E-state index in [1.165, 1.54) is 6.08 Å². The number of nitrogens with one attached hydrogen (secondary N) is 2. The first kappa shape index (κ1) is 21.0. The summed E-state index contributed by atoms with van der Waals surface area (Å²) in [5, 5.41) is 5.87. The SMILES string of the molecule is CCN1C(=O)NC(=O)/C(=C\c2cn(CC(=O)NCc3ccccc3)c3ccccc23)C1=O. The molecule has 8 heteroatoms. The van der Waals surface area contributed by atoms with Crippen LogP contribution >= 0.6 is 0 Å². The number of hydrogen-bond acceptors (Lipinski definition) is 4. The number of imide groups is 2. The number of carbonyl (C=O) groups excluding carboxylic acids is 4. The molecule has 0 aliphatic carbocycles. The molecule has 3 aromatic rings. The molecule has 2 heterocycles. The monoisotopic (exact) mass is 430 g/mol. The Balaban J connectivity index is 1.61. The molecule has 0 atom stereocenters. The van der Waals surface area contributed by atoms with E-state index in [9.17, 15) is 19.2 Å². The maximum atomic E-state index is 12.6. The minimum Gasteiger partial charge on any atom is -0.350 e. The lowest BCUT2D eigenvalue weighted by molar-refractivity contribution is -0.130. The number of benzene rings is 2. The predicted molar refractivity (Wildman–Crippen MR) is 119 cm³/mol. The number of hydrogen-bond donors (Lipinski definition) is 2. The van der Waals surface area contributed by atoms with Crippen LogP contribution in [0.5, 0.6) is 0 Å². The van der Waals surface area contributed by atoms with Crippen molar-refractivity contribution >= 4 is 40.7 Å². The highest BCUT2D eigenvalue weighted by atomic mass is 16.2. The average molecular weight is 430 g/mol. The molecule has 4 rings (SSSR count). The number of aromatic nitrogens is 1. The molecule has 162 valence electrons. The van der Waals surface area contributed by atoms with Gasteiger partial charge in [-0.25, -0.2) is 4.79 Å². The molecule has 2 N–H and O–H groups in total. The maximum Gasteiger partial charge on any atom is 0.331 e. The van der Waals surface area contributed by atoms with Gasteiger partial charge in [0.05, 0.1) is 0 Å². The third kappa shape index (κ3) is 4.15. The van der Waals surface area contributed by atoms with Gasteiger partial charge in [-0.2, -0.15) is 0 Å². The highest BCUT2D eigenvalue weighted by molar-refractivity contribution is 6.31. The zero-order valence-corrected chi connectivity index (χ0v) is 17.5. The highest BCUT2D eigenvalue weighted by Crippen LogP contribution is 2.25. The molecular weight excluding hydrogens is 408 g/mol. The molecule has 1 aromatic heterocycles. The lowest BCUT2D eigenvalue weighted by Gasteiger charge is -2.24. The summed E-state index contributed by atoms with van der Waals surface area (Å²) in [5.74, 6) is -1.54. The number of urea groups is 1. The Morgan fingerprint density at radius 2 is 1.75 bits per heavy atom. The Hall–Kier alpha value is -4.20. The smallest absolute Gasteiger partial charge is 0.331 e. The van der Waals surface area contributed by atoms with Crippen molar-refractivity contribution in [2.24, 2.45) is 0 Å². The minimum absolute atomic E-state index is 0.0796. The number of rotatable bonds is 6. The topological polar surface area (TPSA) is 101 Å². The molecule has 0 saturated carbocycles. The summed E-state index contributed by atoms with van der Waals surface area (Å²) < 4.78 is 1.77. The van der Waals surface area contributed by atoms with Gasteiger partial charge >= 0.3 is 6.03 Å². The van der Waals surface area contributed by atoms with Gasteiger partial charge in [-0.1, -0.05) is 48.5 Å². The first-order chi connectivity index (χ1) is 15.5. The van der Waals surface area contributed by atoms with Crippen LogP contribution in [0.2, 0.25) is 0 Å². The predicted octanol–water partition coefficient (Wildman–Crippen LogP) is 2.44. The molecule has 0 bridgehead atoms. The van der Waals surface area contributed by atoms with E-state index in [1.54, 1.807) is 17.7 Å². The molecule has 1 aliphatic heterocycles. The highest BCUT2D eigenvalue weighted by Gasteiger charge is 2.34. The van der Waals surface area contributed by atoms with E-state index in [1.807, 2.05) is 54.6 Å². The molecule has 0 spiro atoms. The molecule has 5 amide bonds. The maximum absolute atomic E-state index is 12.6. The van der Waals surface area contributed by atoms with Crippen LogP contribution in [0.1, 0.15) is 18.1 Å². The van der Waals surface area contributed by atoms with Crippen molar-refractivity contribution in [3.63, 3.8) is 0 Å². The summed E-state index contributed by atoms with van der Waals surface area (Å²) in [4.78, 5) is 50.3. The first-order valence-corrected chi connectivity index (χ1v) is 10.2. The van der Waals surface area contributed by atoms with Crippen molar-refractivity contribution in [3.05, 3.63) is 77.5 Å². The quantitative estimate of drug-likeness (QED) is 0.463. The molecular formula is C24H22N4O4. The lowest BCUT2D eigenvalue weighted by Crippen LogP contribution is -2.53. The summed E-state index contributed by atoms with van der Waals surface area (Å²) in [6.07, 6.45) is 3.19. The fraction of sp³-hybridized carbons (Fsp3) is 0.167. The summed E-state index contributed by atoms with van der Waals surface area (Å²) in [7, 11) is 0. The van der Waals surface area contributed by atoms with Crippen LogP contribution in [0.25, 0.3) is 17.0 Å². The van der Waals surface area contributed by atoms with Crippen LogP contribution < -0.4 is 10.6 Å². The van der Waals surface area contributed by atoms with Gasteiger partial charge in [0.15, 0.2) is 0 Å². The Kier molecular flexibility index (Phi) is 5.85. The third-order valence-corrected chi connectivity index (χ3v) is 5.27. The zero-order valence-electron chi connectivity index (χ0n) is 17.5. The van der Waals surface area contributed by atoms with Crippen LogP contribution in [0.4, 0.5) is 4.79 Å². The normalized spacial score (nSPS) is 15.3. The Morgan fingerprint density at radius 1 is 1.03 bits per heavy atom. The van der Waals surface area contributed by atoms with Crippen LogP contribution in [-0.2, 0) is 27.5 Å². The van der Waals surface area contributed by atoms with Crippen molar-refractivity contribution in [1.29, 1.82) is 0 Å². The van der Waals surface area contributed by atoms with E-state index in [0.717, 1.165) is 21.4 Å². The second kappa shape index (κ2) is 8.89. The fourth-order valence-electron chi connectivity index (χ4n) is 3.66. The molecule has 1 fully saturated rings. The summed E-state index contributed by atoms with van der Waals surface area (Å²) in [6, 6.07) is 16.3. The number of fused-ring (bicyclic) bond motifs is 1. The van der Waals surface area contributed by atoms with Crippen LogP contribution in [0.3, 0.4) is 0 Å². The number of carbonyl (C=O) groups is 4. The second-order valence-electron chi connectivity index (χ2n) is 7.36. The molecule has 2 aromatic carbocycles. The molecule has 0 unspecified atom stereocenters. The van der Waals surface area contributed by atoms with E-state index in [2.05, 4.69) is 10.6 Å². The van der Waals surface area contributed by atoms with E-state index in [-0.39, 0.29) is 24.6 Å². The van der Waals surface area contributed by atoms with Crippen LogP contribution in [0.15, 0.2) is 66.4 Å². The molecule has 0 radical (unpaired) electrons. The van der Waals surface area contributed by atoms with Gasteiger partial charge in [-0.3, -0.25) is 24.6 Å². The van der Waals surface area contributed by atoms with Crippen molar-refractivity contribution in [3.8, 4) is 0 Å². The summed E-state index contributed by atoms with van der Waals surface area (Å²) >= 11 is 0. The van der Waals surface area contributed by atoms with Crippen molar-refractivity contribution in [1.82, 2.24) is 20.1 Å². The standard InChI is InChI=1S/C24H22N4O4/c1-2-28-23(31)19(22(30)26-24(28)32)12-17-14-27(20-11-7-6-10-18(17)20)15-21(29)25-13-16-8-4-3-5-9-16/h3-12,14H,2,13,15H2,1H3,(H,25,29)(H,26,30,32)/b19-12+. The second-order valence-corrected chi connectivity index (χ2v) is 7.36. The van der Waals surface area contributed by atoms with Gasteiger partial charge in [0.25, 0.3) is 11.8 Å². The Labute approximate surface area is 184 Å². The van der Waals surface area contributed by atoms with Gasteiger partial charge in [-0.05, 0) is 24.6 Å². The van der Waals surface area contributed by atoms with Crippen LogP contribution in [-0.4, -0.2) is 39.8 Å². The largest absolute Gasteiger partial charge is 0.350 e. The summed E-state index contributed by atoms with van der Waals surface area (Å²) in [5.41, 5.74) is 2.28. The van der Waals surface area contributed by atoms with Crippen molar-refractivity contribution in [2.45, 2.75) is 20.0 Å². The van der Waals surface area contributed by atoms with E-state index < -0.39 is 17.8 Å². The molecule has 1 saturated heterocycles. The minimum atomic E-state index is -0.734. The Bertz CT molecular complexity index is 1240.